The summed E-state index contributed by atoms with van der Waals surface area (Å²) in [4.78, 5) is 4.94. The van der Waals surface area contributed by atoms with Crippen molar-refractivity contribution in [2.45, 2.75) is 33.2 Å². The van der Waals surface area contributed by atoms with Gasteiger partial charge in [0.1, 0.15) is 5.82 Å². The van der Waals surface area contributed by atoms with Gasteiger partial charge in [0, 0.05) is 18.7 Å². The van der Waals surface area contributed by atoms with Crippen LogP contribution in [-0.4, -0.2) is 30.3 Å². The number of ether oxygens (including phenoxy) is 2. The van der Waals surface area contributed by atoms with E-state index in [-0.39, 0.29) is 0 Å². The Morgan fingerprint density at radius 3 is 2.69 bits per heavy atom. The summed E-state index contributed by atoms with van der Waals surface area (Å²) in [6.07, 6.45) is 6.35. The van der Waals surface area contributed by atoms with E-state index in [0.29, 0.717) is 0 Å². The fourth-order valence-corrected chi connectivity index (χ4v) is 3.88. The van der Waals surface area contributed by atoms with Crippen molar-refractivity contribution >= 4 is 5.57 Å². The highest BCUT2D eigenvalue weighted by molar-refractivity contribution is 5.83. The van der Waals surface area contributed by atoms with E-state index in [1.807, 2.05) is 0 Å². The Morgan fingerprint density at radius 1 is 1.19 bits per heavy atom. The van der Waals surface area contributed by atoms with Gasteiger partial charge in [0.25, 0.3) is 0 Å². The second-order valence-corrected chi connectivity index (χ2v) is 6.75. The summed E-state index contributed by atoms with van der Waals surface area (Å²) >= 11 is 0. The molecule has 0 aliphatic carbocycles. The lowest BCUT2D eigenvalue weighted by atomic mass is 9.93. The Balaban J connectivity index is 1.91. The first-order valence-electron chi connectivity index (χ1n) is 9.12. The van der Waals surface area contributed by atoms with Crippen LogP contribution >= 0.6 is 0 Å². The molecule has 0 unspecified atom stereocenters. The number of rotatable bonds is 4. The van der Waals surface area contributed by atoms with Crippen LogP contribution in [0.15, 0.2) is 30.0 Å². The number of hydrogen-bond acceptors (Lipinski definition) is 4. The molecule has 0 radical (unpaired) electrons. The van der Waals surface area contributed by atoms with E-state index in [1.54, 1.807) is 14.2 Å². The molecule has 136 valence electrons. The number of allylic oxidation sites excluding steroid dienone is 2. The van der Waals surface area contributed by atoms with E-state index in [9.17, 15) is 0 Å². The molecule has 0 atom stereocenters. The molecule has 0 fully saturated rings. The number of hydrogen-bond donors (Lipinski definition) is 1. The molecule has 1 N–H and O–H groups in total. The van der Waals surface area contributed by atoms with Gasteiger partial charge in [-0.2, -0.15) is 0 Å². The maximum atomic E-state index is 5.55. The van der Waals surface area contributed by atoms with Crippen molar-refractivity contribution in [1.82, 2.24) is 14.9 Å². The number of dihydropyridines is 1. The molecule has 2 aromatic rings. The van der Waals surface area contributed by atoms with Crippen molar-refractivity contribution in [3.05, 3.63) is 47.1 Å². The highest BCUT2D eigenvalue weighted by Crippen LogP contribution is 2.42. The van der Waals surface area contributed by atoms with Crippen LogP contribution in [0.2, 0.25) is 0 Å². The molecule has 26 heavy (non-hydrogen) atoms. The third-order valence-corrected chi connectivity index (χ3v) is 5.28. The van der Waals surface area contributed by atoms with Gasteiger partial charge in [-0.1, -0.05) is 13.0 Å². The standard InChI is InChI=1S/C21H25N3O2/c1-5-14-8-16(12-22-11-14)20-21-17-10-19(26-4)18(25-3)9-15(17)6-7-24(21)13(2)23-20/h8-11,22H,5-7,12H2,1-4H3. The van der Waals surface area contributed by atoms with Gasteiger partial charge in [-0.3, -0.25) is 0 Å². The lowest BCUT2D eigenvalue weighted by Gasteiger charge is -2.23. The number of aromatic nitrogens is 2. The molecule has 2 aliphatic rings. The van der Waals surface area contributed by atoms with Crippen LogP contribution in [0, 0.1) is 6.92 Å². The number of nitrogens with zero attached hydrogens (tertiary/aromatic N) is 2. The number of imidazole rings is 1. The van der Waals surface area contributed by atoms with Crippen LogP contribution < -0.4 is 14.8 Å². The van der Waals surface area contributed by atoms with E-state index < -0.39 is 0 Å². The second-order valence-electron chi connectivity index (χ2n) is 6.75. The topological polar surface area (TPSA) is 48.3 Å². The summed E-state index contributed by atoms with van der Waals surface area (Å²) in [6, 6.07) is 4.20. The summed E-state index contributed by atoms with van der Waals surface area (Å²) in [6.45, 7) is 6.00. The van der Waals surface area contributed by atoms with E-state index >= 15 is 0 Å². The summed E-state index contributed by atoms with van der Waals surface area (Å²) in [5, 5.41) is 3.39. The minimum atomic E-state index is 0.759. The van der Waals surface area contributed by atoms with Crippen LogP contribution in [0.5, 0.6) is 11.5 Å². The number of methoxy groups -OCH3 is 2. The van der Waals surface area contributed by atoms with Crippen LogP contribution in [0.3, 0.4) is 0 Å². The second kappa shape index (κ2) is 6.56. The predicted molar refractivity (Wildman–Crippen MR) is 104 cm³/mol. The summed E-state index contributed by atoms with van der Waals surface area (Å²) in [5.74, 6) is 2.60. The minimum absolute atomic E-state index is 0.759. The van der Waals surface area contributed by atoms with Gasteiger partial charge in [-0.25, -0.2) is 4.98 Å². The first kappa shape index (κ1) is 16.8. The van der Waals surface area contributed by atoms with E-state index in [2.05, 4.69) is 48.1 Å². The van der Waals surface area contributed by atoms with Crippen molar-refractivity contribution in [3.8, 4) is 22.8 Å². The van der Waals surface area contributed by atoms with Gasteiger partial charge >= 0.3 is 0 Å². The molecule has 0 spiro atoms. The molecule has 0 saturated heterocycles. The monoisotopic (exact) mass is 351 g/mol. The molecule has 1 aromatic heterocycles. The maximum absolute atomic E-state index is 5.55. The average Bonchev–Trinajstić information content (AvgIpc) is 3.03. The molecule has 2 aliphatic heterocycles. The van der Waals surface area contributed by atoms with Gasteiger partial charge in [0.15, 0.2) is 11.5 Å². The van der Waals surface area contributed by atoms with Gasteiger partial charge in [-0.05, 0) is 54.8 Å². The molecule has 0 saturated carbocycles. The largest absolute Gasteiger partial charge is 0.493 e. The average molecular weight is 351 g/mol. The van der Waals surface area contributed by atoms with E-state index in [1.165, 1.54) is 28.0 Å². The van der Waals surface area contributed by atoms with Crippen LogP contribution in [-0.2, 0) is 13.0 Å². The molecular formula is C21H25N3O2. The van der Waals surface area contributed by atoms with Crippen molar-refractivity contribution in [3.63, 3.8) is 0 Å². The van der Waals surface area contributed by atoms with Crippen LogP contribution in [0.4, 0.5) is 0 Å². The van der Waals surface area contributed by atoms with Gasteiger partial charge in [0.05, 0.1) is 25.6 Å². The predicted octanol–water partition coefficient (Wildman–Crippen LogP) is 3.71. The summed E-state index contributed by atoms with van der Waals surface area (Å²) < 4.78 is 13.4. The highest BCUT2D eigenvalue weighted by atomic mass is 16.5. The van der Waals surface area contributed by atoms with Gasteiger partial charge in [0.2, 0.25) is 0 Å². The molecule has 3 heterocycles. The molecular weight excluding hydrogens is 326 g/mol. The number of benzene rings is 1. The van der Waals surface area contributed by atoms with Crippen LogP contribution in [0.25, 0.3) is 16.8 Å². The zero-order valence-electron chi connectivity index (χ0n) is 15.8. The Morgan fingerprint density at radius 2 is 1.96 bits per heavy atom. The smallest absolute Gasteiger partial charge is 0.161 e. The first-order valence-corrected chi connectivity index (χ1v) is 9.12. The Kier molecular flexibility index (Phi) is 4.23. The maximum Gasteiger partial charge on any atom is 0.161 e. The van der Waals surface area contributed by atoms with Gasteiger partial charge < -0.3 is 19.4 Å². The molecule has 0 bridgehead atoms. The zero-order valence-corrected chi connectivity index (χ0v) is 15.8. The highest BCUT2D eigenvalue weighted by Gasteiger charge is 2.27. The SMILES string of the molecule is CCC1=CNCC(c2nc(C)n3c2-c2cc(OC)c(OC)cc2CC3)=C1. The number of nitrogens with one attached hydrogen (secondary N) is 1. The third kappa shape index (κ3) is 2.59. The fraction of sp³-hybridized carbons (Fsp3) is 0.381. The lowest BCUT2D eigenvalue weighted by molar-refractivity contribution is 0.354. The lowest BCUT2D eigenvalue weighted by Crippen LogP contribution is -2.16. The number of fused-ring (bicyclic) bond motifs is 3. The number of aryl methyl sites for hydroxylation is 2. The molecule has 1 aromatic carbocycles. The normalized spacial score (nSPS) is 15.4. The fourth-order valence-electron chi connectivity index (χ4n) is 3.88. The van der Waals surface area contributed by atoms with Crippen molar-refractivity contribution in [2.75, 3.05) is 20.8 Å². The first-order chi connectivity index (χ1) is 12.7. The Labute approximate surface area is 154 Å². The third-order valence-electron chi connectivity index (χ3n) is 5.28. The van der Waals surface area contributed by atoms with Crippen molar-refractivity contribution in [1.29, 1.82) is 0 Å². The zero-order chi connectivity index (χ0) is 18.3. The molecule has 5 heteroatoms. The Hall–Kier alpha value is -2.69. The van der Waals surface area contributed by atoms with Crippen molar-refractivity contribution in [2.24, 2.45) is 0 Å². The summed E-state index contributed by atoms with van der Waals surface area (Å²) in [7, 11) is 3.37. The molecule has 4 rings (SSSR count). The van der Waals surface area contributed by atoms with E-state index in [0.717, 1.165) is 48.9 Å². The summed E-state index contributed by atoms with van der Waals surface area (Å²) in [5.41, 5.74) is 7.28. The quantitative estimate of drug-likeness (QED) is 0.912. The van der Waals surface area contributed by atoms with E-state index in [4.69, 9.17) is 14.5 Å². The Bertz CT molecular complexity index is 922. The van der Waals surface area contributed by atoms with Crippen LogP contribution in [0.1, 0.15) is 30.4 Å². The van der Waals surface area contributed by atoms with Crippen molar-refractivity contribution < 1.29 is 9.47 Å². The molecule has 0 amide bonds. The molecule has 5 nitrogen and oxygen atoms in total. The van der Waals surface area contributed by atoms with Gasteiger partial charge in [-0.15, -0.1) is 0 Å². The minimum Gasteiger partial charge on any atom is -0.493 e.